The number of carbonyl (C=O) groups excluding carboxylic acids is 1. The second-order valence-electron chi connectivity index (χ2n) is 7.19. The van der Waals surface area contributed by atoms with Gasteiger partial charge >= 0.3 is 0 Å². The van der Waals surface area contributed by atoms with E-state index in [-0.39, 0.29) is 5.91 Å². The summed E-state index contributed by atoms with van der Waals surface area (Å²) in [5.74, 6) is 1.40. The van der Waals surface area contributed by atoms with E-state index in [9.17, 15) is 4.79 Å². The number of rotatable bonds is 6. The van der Waals surface area contributed by atoms with Crippen molar-refractivity contribution in [2.45, 2.75) is 13.5 Å². The van der Waals surface area contributed by atoms with E-state index >= 15 is 0 Å². The fourth-order valence-electron chi connectivity index (χ4n) is 3.56. The van der Waals surface area contributed by atoms with E-state index in [0.717, 1.165) is 38.3 Å². The maximum Gasteiger partial charge on any atom is 0.246 e. The number of nitrogens with one attached hydrogen (secondary N) is 1. The van der Waals surface area contributed by atoms with E-state index < -0.39 is 0 Å². The molecule has 0 aliphatic carbocycles. The van der Waals surface area contributed by atoms with E-state index in [4.69, 9.17) is 9.47 Å². The van der Waals surface area contributed by atoms with Crippen LogP contribution < -0.4 is 14.4 Å². The minimum atomic E-state index is 0.0596. The molecule has 1 amide bonds. The number of hydrogen-bond acceptors (Lipinski definition) is 3. The Bertz CT molecular complexity index is 839. The summed E-state index contributed by atoms with van der Waals surface area (Å²) in [6, 6.07) is 14.3. The SMILES string of the molecule is COc1ccc(/C=C/C(=O)N2CC[NH+](Cc3cccc(C)c3)CC2)cc1OC. The molecule has 1 fully saturated rings. The van der Waals surface area contributed by atoms with Gasteiger partial charge < -0.3 is 19.3 Å². The largest absolute Gasteiger partial charge is 0.493 e. The second kappa shape index (κ2) is 9.42. The molecule has 148 valence electrons. The summed E-state index contributed by atoms with van der Waals surface area (Å²) in [7, 11) is 3.21. The molecule has 0 aromatic heterocycles. The van der Waals surface area contributed by atoms with Gasteiger partial charge in [0.1, 0.15) is 6.54 Å². The molecule has 3 rings (SSSR count). The number of piperazine rings is 1. The third-order valence-corrected chi connectivity index (χ3v) is 5.14. The lowest BCUT2D eigenvalue weighted by Gasteiger charge is -2.31. The first kappa shape index (κ1) is 20.0. The standard InChI is InChI=1S/C23H28N2O3/c1-18-5-4-6-20(15-18)17-24-11-13-25(14-12-24)23(26)10-8-19-7-9-21(27-2)22(16-19)28-3/h4-10,15-16H,11-14,17H2,1-3H3/p+1/b10-8+. The normalized spacial score (nSPS) is 15.0. The highest BCUT2D eigenvalue weighted by atomic mass is 16.5. The Balaban J connectivity index is 1.53. The fourth-order valence-corrected chi connectivity index (χ4v) is 3.56. The molecule has 0 radical (unpaired) electrons. The molecule has 28 heavy (non-hydrogen) atoms. The molecule has 2 aromatic rings. The molecule has 1 aliphatic rings. The number of aryl methyl sites for hydroxylation is 1. The van der Waals surface area contributed by atoms with Crippen LogP contribution in [0.3, 0.4) is 0 Å². The Morgan fingerprint density at radius 3 is 2.50 bits per heavy atom. The minimum absolute atomic E-state index is 0.0596. The number of methoxy groups -OCH3 is 2. The van der Waals surface area contributed by atoms with Crippen LogP contribution in [0.4, 0.5) is 0 Å². The molecule has 5 nitrogen and oxygen atoms in total. The summed E-state index contributed by atoms with van der Waals surface area (Å²) in [4.78, 5) is 16.0. The third kappa shape index (κ3) is 5.14. The average Bonchev–Trinajstić information content (AvgIpc) is 2.72. The highest BCUT2D eigenvalue weighted by Crippen LogP contribution is 2.27. The number of benzene rings is 2. The molecule has 2 aromatic carbocycles. The summed E-state index contributed by atoms with van der Waals surface area (Å²) in [6.07, 6.45) is 3.48. The van der Waals surface area contributed by atoms with Crippen molar-refractivity contribution in [1.82, 2.24) is 4.90 Å². The number of ether oxygens (including phenoxy) is 2. The van der Waals surface area contributed by atoms with Crippen LogP contribution in [0.25, 0.3) is 6.08 Å². The average molecular weight is 381 g/mol. The van der Waals surface area contributed by atoms with Gasteiger partial charge in [-0.25, -0.2) is 0 Å². The van der Waals surface area contributed by atoms with E-state index in [1.54, 1.807) is 20.3 Å². The van der Waals surface area contributed by atoms with Gasteiger partial charge in [-0.2, -0.15) is 0 Å². The monoisotopic (exact) mass is 381 g/mol. The summed E-state index contributed by atoms with van der Waals surface area (Å²) in [5, 5.41) is 0. The van der Waals surface area contributed by atoms with Crippen molar-refractivity contribution < 1.29 is 19.2 Å². The highest BCUT2D eigenvalue weighted by molar-refractivity contribution is 5.91. The van der Waals surface area contributed by atoms with E-state index in [1.165, 1.54) is 16.0 Å². The van der Waals surface area contributed by atoms with Gasteiger partial charge in [-0.1, -0.05) is 35.9 Å². The fraction of sp³-hybridized carbons (Fsp3) is 0.348. The van der Waals surface area contributed by atoms with Crippen LogP contribution in [0, 0.1) is 6.92 Å². The zero-order valence-corrected chi connectivity index (χ0v) is 16.9. The Morgan fingerprint density at radius 2 is 1.82 bits per heavy atom. The molecule has 5 heteroatoms. The number of carbonyl (C=O) groups is 1. The van der Waals surface area contributed by atoms with Crippen molar-refractivity contribution in [2.24, 2.45) is 0 Å². The van der Waals surface area contributed by atoms with Gasteiger partial charge in [0.2, 0.25) is 5.91 Å². The van der Waals surface area contributed by atoms with Gasteiger partial charge in [-0.05, 0) is 30.7 Å². The van der Waals surface area contributed by atoms with Gasteiger partial charge in [0.05, 0.1) is 40.4 Å². The molecule has 0 bridgehead atoms. The molecule has 0 atom stereocenters. The van der Waals surface area contributed by atoms with Gasteiger partial charge in [0.15, 0.2) is 11.5 Å². The number of amides is 1. The van der Waals surface area contributed by atoms with Crippen LogP contribution in [0.1, 0.15) is 16.7 Å². The highest BCUT2D eigenvalue weighted by Gasteiger charge is 2.22. The Kier molecular flexibility index (Phi) is 6.71. The summed E-state index contributed by atoms with van der Waals surface area (Å²) < 4.78 is 10.6. The maximum absolute atomic E-state index is 12.5. The van der Waals surface area contributed by atoms with Crippen molar-refractivity contribution in [3.05, 3.63) is 65.2 Å². The van der Waals surface area contributed by atoms with Gasteiger partial charge in [-0.3, -0.25) is 4.79 Å². The van der Waals surface area contributed by atoms with Crippen LogP contribution in [-0.2, 0) is 11.3 Å². The lowest BCUT2D eigenvalue weighted by atomic mass is 10.1. The van der Waals surface area contributed by atoms with Crippen LogP contribution >= 0.6 is 0 Å². The predicted molar refractivity (Wildman–Crippen MR) is 111 cm³/mol. The zero-order chi connectivity index (χ0) is 19.9. The van der Waals surface area contributed by atoms with Crippen LogP contribution in [0.2, 0.25) is 0 Å². The van der Waals surface area contributed by atoms with Crippen LogP contribution in [0.5, 0.6) is 11.5 Å². The van der Waals surface area contributed by atoms with Crippen molar-refractivity contribution >= 4 is 12.0 Å². The number of quaternary nitrogens is 1. The molecule has 1 N–H and O–H groups in total. The van der Waals surface area contributed by atoms with Crippen molar-refractivity contribution in [3.8, 4) is 11.5 Å². The molecular formula is C23H29N2O3+. The Hall–Kier alpha value is -2.79. The van der Waals surface area contributed by atoms with Gasteiger partial charge in [0, 0.05) is 11.6 Å². The lowest BCUT2D eigenvalue weighted by Crippen LogP contribution is -3.13. The number of nitrogens with zero attached hydrogens (tertiary/aromatic N) is 1. The maximum atomic E-state index is 12.5. The molecule has 0 spiro atoms. The molecule has 1 aliphatic heterocycles. The first-order valence-corrected chi connectivity index (χ1v) is 9.67. The van der Waals surface area contributed by atoms with Crippen LogP contribution in [-0.4, -0.2) is 51.2 Å². The summed E-state index contributed by atoms with van der Waals surface area (Å²) in [6.45, 7) is 6.67. The van der Waals surface area contributed by atoms with Crippen LogP contribution in [0.15, 0.2) is 48.5 Å². The predicted octanol–water partition coefficient (Wildman–Crippen LogP) is 1.95. The third-order valence-electron chi connectivity index (χ3n) is 5.14. The summed E-state index contributed by atoms with van der Waals surface area (Å²) in [5.41, 5.74) is 3.57. The van der Waals surface area contributed by atoms with Crippen molar-refractivity contribution in [1.29, 1.82) is 0 Å². The quantitative estimate of drug-likeness (QED) is 0.778. The number of hydrogen-bond donors (Lipinski definition) is 1. The Morgan fingerprint density at radius 1 is 1.07 bits per heavy atom. The lowest BCUT2D eigenvalue weighted by molar-refractivity contribution is -0.917. The molecule has 0 unspecified atom stereocenters. The van der Waals surface area contributed by atoms with E-state index in [2.05, 4.69) is 31.2 Å². The van der Waals surface area contributed by atoms with Gasteiger partial charge in [0.25, 0.3) is 0 Å². The molecule has 0 saturated carbocycles. The first-order valence-electron chi connectivity index (χ1n) is 9.67. The smallest absolute Gasteiger partial charge is 0.246 e. The van der Waals surface area contributed by atoms with Crippen molar-refractivity contribution in [3.63, 3.8) is 0 Å². The van der Waals surface area contributed by atoms with Gasteiger partial charge in [-0.15, -0.1) is 0 Å². The topological polar surface area (TPSA) is 43.2 Å². The van der Waals surface area contributed by atoms with Crippen molar-refractivity contribution in [2.75, 3.05) is 40.4 Å². The molecule has 1 saturated heterocycles. The molecule has 1 heterocycles. The Labute approximate surface area is 167 Å². The minimum Gasteiger partial charge on any atom is -0.493 e. The zero-order valence-electron chi connectivity index (χ0n) is 16.9. The second-order valence-corrected chi connectivity index (χ2v) is 7.19. The summed E-state index contributed by atoms with van der Waals surface area (Å²) >= 11 is 0. The van der Waals surface area contributed by atoms with E-state index in [1.807, 2.05) is 29.2 Å². The van der Waals surface area contributed by atoms with E-state index in [0.29, 0.717) is 11.5 Å². The molecular weight excluding hydrogens is 352 g/mol. The first-order chi connectivity index (χ1) is 13.6.